The highest BCUT2D eigenvalue weighted by molar-refractivity contribution is 5.89. The first-order valence-electron chi connectivity index (χ1n) is 9.47. The molecule has 1 aliphatic heterocycles. The number of aryl methyl sites for hydroxylation is 1. The number of aromatic nitrogens is 1. The van der Waals surface area contributed by atoms with E-state index < -0.39 is 0 Å². The monoisotopic (exact) mass is 346 g/mol. The van der Waals surface area contributed by atoms with Crippen molar-refractivity contribution in [1.82, 2.24) is 9.88 Å². The van der Waals surface area contributed by atoms with Gasteiger partial charge in [0.15, 0.2) is 0 Å². The van der Waals surface area contributed by atoms with Gasteiger partial charge in [0.25, 0.3) is 0 Å². The van der Waals surface area contributed by atoms with Crippen LogP contribution in [0.15, 0.2) is 12.1 Å². The first kappa shape index (κ1) is 18.0. The van der Waals surface area contributed by atoms with E-state index in [1.165, 1.54) is 12.8 Å². The molecule has 1 aliphatic carbocycles. The number of rotatable bonds is 4. The molecule has 2 heterocycles. The van der Waals surface area contributed by atoms with E-state index in [0.717, 1.165) is 56.0 Å². The number of aliphatic hydroxyl groups is 1. The van der Waals surface area contributed by atoms with Crippen LogP contribution in [0.3, 0.4) is 0 Å². The maximum absolute atomic E-state index is 12.5. The van der Waals surface area contributed by atoms with Crippen LogP contribution < -0.4 is 10.2 Å². The highest BCUT2D eigenvalue weighted by Crippen LogP contribution is 2.25. The predicted molar refractivity (Wildman–Crippen MR) is 100 cm³/mol. The summed E-state index contributed by atoms with van der Waals surface area (Å²) < 4.78 is 0. The van der Waals surface area contributed by atoms with Crippen LogP contribution in [0.5, 0.6) is 0 Å². The topological polar surface area (TPSA) is 68.7 Å². The number of aliphatic hydroxyl groups excluding tert-OH is 1. The van der Waals surface area contributed by atoms with Gasteiger partial charge in [-0.1, -0.05) is 12.8 Å². The summed E-state index contributed by atoms with van der Waals surface area (Å²) in [6.45, 7) is 4.64. The van der Waals surface area contributed by atoms with Gasteiger partial charge >= 0.3 is 6.03 Å². The number of carbonyl (C=O) groups excluding carboxylic acids is 1. The van der Waals surface area contributed by atoms with Gasteiger partial charge in [0, 0.05) is 32.6 Å². The van der Waals surface area contributed by atoms with E-state index >= 15 is 0 Å². The zero-order chi connectivity index (χ0) is 17.8. The third-order valence-electron chi connectivity index (χ3n) is 5.47. The third-order valence-corrected chi connectivity index (χ3v) is 5.47. The zero-order valence-corrected chi connectivity index (χ0v) is 15.4. The van der Waals surface area contributed by atoms with Crippen LogP contribution in [0.25, 0.3) is 0 Å². The van der Waals surface area contributed by atoms with Gasteiger partial charge in [-0.2, -0.15) is 0 Å². The predicted octanol–water partition coefficient (Wildman–Crippen LogP) is 3.01. The summed E-state index contributed by atoms with van der Waals surface area (Å²) in [6.07, 6.45) is 6.21. The molecular weight excluding hydrogens is 316 g/mol. The number of carbonyl (C=O) groups is 1. The molecule has 2 N–H and O–H groups in total. The largest absolute Gasteiger partial charge is 0.393 e. The van der Waals surface area contributed by atoms with Crippen LogP contribution in [0, 0.1) is 12.8 Å². The third kappa shape index (κ3) is 4.42. The van der Waals surface area contributed by atoms with Crippen LogP contribution in [0.1, 0.15) is 44.2 Å². The maximum Gasteiger partial charge on any atom is 0.321 e. The normalized spacial score (nSPS) is 23.6. The van der Waals surface area contributed by atoms with E-state index in [9.17, 15) is 9.90 Å². The molecule has 1 aromatic rings. The van der Waals surface area contributed by atoms with Gasteiger partial charge in [-0.25, -0.2) is 9.78 Å². The molecule has 2 fully saturated rings. The Balaban J connectivity index is 1.58. The molecule has 25 heavy (non-hydrogen) atoms. The number of anilines is 2. The first-order valence-corrected chi connectivity index (χ1v) is 9.47. The van der Waals surface area contributed by atoms with Gasteiger partial charge in [-0.3, -0.25) is 0 Å². The lowest BCUT2D eigenvalue weighted by Gasteiger charge is -2.31. The Labute approximate surface area is 150 Å². The van der Waals surface area contributed by atoms with Crippen LogP contribution in [0.4, 0.5) is 16.3 Å². The Kier molecular flexibility index (Phi) is 5.78. The highest BCUT2D eigenvalue weighted by atomic mass is 16.3. The lowest BCUT2D eigenvalue weighted by Crippen LogP contribution is -2.40. The molecule has 1 saturated carbocycles. The summed E-state index contributed by atoms with van der Waals surface area (Å²) in [5.41, 5.74) is 1.59. The van der Waals surface area contributed by atoms with E-state index in [1.807, 2.05) is 19.1 Å². The van der Waals surface area contributed by atoms with E-state index in [4.69, 9.17) is 0 Å². The van der Waals surface area contributed by atoms with E-state index in [-0.39, 0.29) is 18.1 Å². The molecule has 0 bridgehead atoms. The number of pyridine rings is 1. The number of hydrogen-bond donors (Lipinski definition) is 2. The molecule has 1 aromatic heterocycles. The average Bonchev–Trinajstić information content (AvgIpc) is 3.13. The molecular formula is C19H30N4O2. The van der Waals surface area contributed by atoms with Crippen molar-refractivity contribution in [3.63, 3.8) is 0 Å². The quantitative estimate of drug-likeness (QED) is 0.879. The molecule has 2 amide bonds. The Morgan fingerprint density at radius 1 is 1.28 bits per heavy atom. The van der Waals surface area contributed by atoms with Crippen molar-refractivity contribution in [2.75, 3.05) is 36.9 Å². The molecule has 1 saturated heterocycles. The molecule has 2 aliphatic rings. The standard InChI is InChI=1S/C19H30N4O2/c1-14-16(9-10-18(20-14)23-11-5-6-12-23)21-19(25)22(2)13-15-7-3-4-8-17(15)24/h9-10,15,17,24H,3-8,11-13H2,1-2H3,(H,21,25). The molecule has 0 radical (unpaired) electrons. The molecule has 6 nitrogen and oxygen atoms in total. The lowest BCUT2D eigenvalue weighted by atomic mass is 9.86. The van der Waals surface area contributed by atoms with E-state index in [2.05, 4.69) is 15.2 Å². The number of hydrogen-bond acceptors (Lipinski definition) is 4. The van der Waals surface area contributed by atoms with Gasteiger partial charge in [0.2, 0.25) is 0 Å². The van der Waals surface area contributed by atoms with Crippen molar-refractivity contribution in [2.24, 2.45) is 5.92 Å². The number of amides is 2. The summed E-state index contributed by atoms with van der Waals surface area (Å²) in [6, 6.07) is 3.78. The zero-order valence-electron chi connectivity index (χ0n) is 15.4. The Morgan fingerprint density at radius 3 is 2.68 bits per heavy atom. The molecule has 2 unspecified atom stereocenters. The fraction of sp³-hybridized carbons (Fsp3) is 0.684. The van der Waals surface area contributed by atoms with Crippen molar-refractivity contribution < 1.29 is 9.90 Å². The van der Waals surface area contributed by atoms with Crippen molar-refractivity contribution in [3.05, 3.63) is 17.8 Å². The molecule has 0 aromatic carbocycles. The van der Waals surface area contributed by atoms with Crippen molar-refractivity contribution >= 4 is 17.5 Å². The minimum Gasteiger partial charge on any atom is -0.393 e. The van der Waals surface area contributed by atoms with E-state index in [1.54, 1.807) is 11.9 Å². The van der Waals surface area contributed by atoms with Crippen LogP contribution in [-0.4, -0.2) is 53.8 Å². The van der Waals surface area contributed by atoms with Gasteiger partial charge in [-0.05, 0) is 44.7 Å². The summed E-state index contributed by atoms with van der Waals surface area (Å²) in [5, 5.41) is 13.1. The van der Waals surface area contributed by atoms with Crippen LogP contribution >= 0.6 is 0 Å². The average molecular weight is 346 g/mol. The number of urea groups is 1. The number of nitrogens with one attached hydrogen (secondary N) is 1. The molecule has 6 heteroatoms. The van der Waals surface area contributed by atoms with Gasteiger partial charge in [0.05, 0.1) is 17.5 Å². The number of nitrogens with zero attached hydrogens (tertiary/aromatic N) is 3. The molecule has 2 atom stereocenters. The SMILES string of the molecule is Cc1nc(N2CCCC2)ccc1NC(=O)N(C)CC1CCCCC1O. The fourth-order valence-corrected chi connectivity index (χ4v) is 3.85. The summed E-state index contributed by atoms with van der Waals surface area (Å²) in [7, 11) is 1.79. The minimum absolute atomic E-state index is 0.142. The summed E-state index contributed by atoms with van der Waals surface area (Å²) in [4.78, 5) is 21.1. The van der Waals surface area contributed by atoms with E-state index in [0.29, 0.717) is 6.54 Å². The van der Waals surface area contributed by atoms with Gasteiger partial charge in [-0.15, -0.1) is 0 Å². The second-order valence-corrected chi connectivity index (χ2v) is 7.42. The molecule has 0 spiro atoms. The molecule has 138 valence electrons. The van der Waals surface area contributed by atoms with Gasteiger partial charge in [0.1, 0.15) is 5.82 Å². The minimum atomic E-state index is -0.285. The summed E-state index contributed by atoms with van der Waals surface area (Å²) >= 11 is 0. The molecule has 3 rings (SSSR count). The highest BCUT2D eigenvalue weighted by Gasteiger charge is 2.25. The summed E-state index contributed by atoms with van der Waals surface area (Å²) in [5.74, 6) is 1.17. The Hall–Kier alpha value is -1.82. The smallest absolute Gasteiger partial charge is 0.321 e. The van der Waals surface area contributed by atoms with Crippen molar-refractivity contribution in [3.8, 4) is 0 Å². The maximum atomic E-state index is 12.5. The second kappa shape index (κ2) is 8.04. The van der Waals surface area contributed by atoms with Gasteiger partial charge < -0.3 is 20.2 Å². The van der Waals surface area contributed by atoms with Crippen LogP contribution in [0.2, 0.25) is 0 Å². The van der Waals surface area contributed by atoms with Crippen LogP contribution in [-0.2, 0) is 0 Å². The first-order chi connectivity index (χ1) is 12.0. The van der Waals surface area contributed by atoms with Crippen molar-refractivity contribution in [2.45, 2.75) is 51.6 Å². The second-order valence-electron chi connectivity index (χ2n) is 7.42. The lowest BCUT2D eigenvalue weighted by molar-refractivity contribution is 0.0575. The Bertz CT molecular complexity index is 601. The van der Waals surface area contributed by atoms with Crippen molar-refractivity contribution in [1.29, 1.82) is 0 Å². The fourth-order valence-electron chi connectivity index (χ4n) is 3.85. The Morgan fingerprint density at radius 2 is 2.00 bits per heavy atom.